The summed E-state index contributed by atoms with van der Waals surface area (Å²) in [6.45, 7) is 0.538. The van der Waals surface area contributed by atoms with Gasteiger partial charge in [-0.2, -0.15) is 0 Å². The molecule has 2 fully saturated rings. The van der Waals surface area contributed by atoms with Crippen LogP contribution in [0.3, 0.4) is 0 Å². The smallest absolute Gasteiger partial charge is 0.187 e. The van der Waals surface area contributed by atoms with Crippen molar-refractivity contribution in [3.63, 3.8) is 0 Å². The van der Waals surface area contributed by atoms with Gasteiger partial charge >= 0.3 is 0 Å². The van der Waals surface area contributed by atoms with Crippen molar-refractivity contribution in [2.24, 2.45) is 5.92 Å². The Morgan fingerprint density at radius 3 is 1.96 bits per heavy atom. The molecular weight excluding hydrogens is 316 g/mol. The lowest BCUT2D eigenvalue weighted by molar-refractivity contribution is -0.350. The number of hydrogen-bond donors (Lipinski definition) is 7. The molecule has 0 aliphatic carbocycles. The van der Waals surface area contributed by atoms with Gasteiger partial charge in [-0.3, -0.25) is 0 Å². The Bertz CT molecular complexity index is 378. The van der Waals surface area contributed by atoms with E-state index < -0.39 is 74.4 Å². The Morgan fingerprint density at radius 2 is 1.39 bits per heavy atom. The molecule has 10 heteroatoms. The third kappa shape index (κ3) is 3.66. The minimum atomic E-state index is -1.70. The average Bonchev–Trinajstić information content (AvgIpc) is 2.55. The van der Waals surface area contributed by atoms with Gasteiger partial charge in [-0.1, -0.05) is 6.92 Å². The van der Waals surface area contributed by atoms with E-state index in [2.05, 4.69) is 0 Å². The monoisotopic (exact) mass is 340 g/mol. The van der Waals surface area contributed by atoms with Gasteiger partial charge in [0.2, 0.25) is 0 Å². The van der Waals surface area contributed by atoms with E-state index in [0.717, 1.165) is 0 Å². The first-order valence-electron chi connectivity index (χ1n) is 7.40. The fourth-order valence-corrected chi connectivity index (χ4v) is 2.78. The van der Waals surface area contributed by atoms with Gasteiger partial charge in [-0.05, 0) is 0 Å². The average molecular weight is 340 g/mol. The topological polar surface area (TPSA) is 169 Å². The van der Waals surface area contributed by atoms with Crippen LogP contribution in [0.1, 0.15) is 6.92 Å². The highest BCUT2D eigenvalue weighted by molar-refractivity contribution is 4.92. The number of aliphatic hydroxyl groups excluding tert-OH is 7. The molecule has 7 N–H and O–H groups in total. The molecule has 0 bridgehead atoms. The number of ether oxygens (including phenoxy) is 3. The van der Waals surface area contributed by atoms with Crippen LogP contribution in [-0.4, -0.2) is 104 Å². The fraction of sp³-hybridized carbons (Fsp3) is 1.00. The summed E-state index contributed by atoms with van der Waals surface area (Å²) in [5, 5.41) is 67.6. The maximum absolute atomic E-state index is 10.0. The summed E-state index contributed by atoms with van der Waals surface area (Å²) < 4.78 is 15.7. The fourth-order valence-electron chi connectivity index (χ4n) is 2.78. The third-order valence-corrected chi connectivity index (χ3v) is 4.37. The molecule has 10 nitrogen and oxygen atoms in total. The van der Waals surface area contributed by atoms with E-state index in [0.29, 0.717) is 0 Å². The summed E-state index contributed by atoms with van der Waals surface area (Å²) in [5.74, 6) is -0.552. The minimum Gasteiger partial charge on any atom is -0.394 e. The first-order valence-corrected chi connectivity index (χ1v) is 7.40. The van der Waals surface area contributed by atoms with E-state index in [1.807, 2.05) is 0 Å². The predicted molar refractivity (Wildman–Crippen MR) is 71.8 cm³/mol. The van der Waals surface area contributed by atoms with Crippen molar-refractivity contribution in [3.8, 4) is 0 Å². The molecule has 0 saturated carbocycles. The number of rotatable bonds is 4. The van der Waals surface area contributed by atoms with Crippen LogP contribution in [0.5, 0.6) is 0 Å². The van der Waals surface area contributed by atoms with Crippen LogP contribution in [0.2, 0.25) is 0 Å². The molecule has 0 amide bonds. The lowest BCUT2D eigenvalue weighted by atomic mass is 9.91. The Hall–Kier alpha value is -0.400. The minimum absolute atomic E-state index is 0.417. The summed E-state index contributed by atoms with van der Waals surface area (Å²) in [6.07, 6.45) is -12.4. The van der Waals surface area contributed by atoms with Crippen molar-refractivity contribution >= 4 is 0 Å². The molecule has 136 valence electrons. The second-order valence-corrected chi connectivity index (χ2v) is 5.90. The molecule has 0 aromatic rings. The second-order valence-electron chi connectivity index (χ2n) is 5.90. The molecule has 0 radical (unpaired) electrons. The van der Waals surface area contributed by atoms with E-state index >= 15 is 0 Å². The summed E-state index contributed by atoms with van der Waals surface area (Å²) in [7, 11) is 0. The molecule has 0 spiro atoms. The van der Waals surface area contributed by atoms with Crippen LogP contribution in [0.4, 0.5) is 0 Å². The van der Waals surface area contributed by atoms with Gasteiger partial charge in [0.25, 0.3) is 0 Å². The highest BCUT2D eigenvalue weighted by Crippen LogP contribution is 2.30. The van der Waals surface area contributed by atoms with E-state index in [-0.39, 0.29) is 0 Å². The zero-order chi connectivity index (χ0) is 17.3. The summed E-state index contributed by atoms with van der Waals surface area (Å²) in [5.41, 5.74) is 0. The van der Waals surface area contributed by atoms with Crippen LogP contribution in [0, 0.1) is 5.92 Å². The third-order valence-electron chi connectivity index (χ3n) is 4.37. The largest absolute Gasteiger partial charge is 0.394 e. The van der Waals surface area contributed by atoms with Gasteiger partial charge in [0.1, 0.15) is 30.5 Å². The second kappa shape index (κ2) is 7.66. The zero-order valence-corrected chi connectivity index (χ0v) is 12.5. The Balaban J connectivity index is 2.11. The maximum atomic E-state index is 10.0. The first kappa shape index (κ1) is 18.9. The van der Waals surface area contributed by atoms with E-state index in [4.69, 9.17) is 14.2 Å². The Labute approximate surface area is 132 Å². The van der Waals surface area contributed by atoms with Gasteiger partial charge in [-0.25, -0.2) is 0 Å². The molecular formula is C13H24O10. The lowest BCUT2D eigenvalue weighted by Crippen LogP contribution is -2.63. The first-order chi connectivity index (χ1) is 10.8. The van der Waals surface area contributed by atoms with Gasteiger partial charge in [0.15, 0.2) is 12.6 Å². The van der Waals surface area contributed by atoms with Crippen LogP contribution in [-0.2, 0) is 14.2 Å². The SMILES string of the molecule is C[C@H]1C(CO)O[C@@H](O[C@@H]2C(CO)O[C@@H](O)C(O)[C@@H]2O)C(O)[C@@H]1O. The van der Waals surface area contributed by atoms with Gasteiger partial charge in [0, 0.05) is 5.92 Å². The molecule has 0 aromatic heterocycles. The molecule has 2 saturated heterocycles. The van der Waals surface area contributed by atoms with E-state index in [1.54, 1.807) is 6.92 Å². The van der Waals surface area contributed by atoms with Crippen molar-refractivity contribution in [1.29, 1.82) is 0 Å². The summed E-state index contributed by atoms with van der Waals surface area (Å²) in [6, 6.07) is 0. The normalized spacial score (nSPS) is 51.7. The van der Waals surface area contributed by atoms with Crippen LogP contribution >= 0.6 is 0 Å². The van der Waals surface area contributed by atoms with E-state index in [1.165, 1.54) is 0 Å². The molecule has 0 aromatic carbocycles. The van der Waals surface area contributed by atoms with Crippen LogP contribution in [0.15, 0.2) is 0 Å². The highest BCUT2D eigenvalue weighted by Gasteiger charge is 2.49. The molecule has 4 unspecified atom stereocenters. The quantitative estimate of drug-likeness (QED) is 0.267. The van der Waals surface area contributed by atoms with Gasteiger partial charge in [-0.15, -0.1) is 0 Å². The molecule has 10 atom stereocenters. The van der Waals surface area contributed by atoms with Crippen LogP contribution < -0.4 is 0 Å². The van der Waals surface area contributed by atoms with Gasteiger partial charge in [0.05, 0.1) is 25.4 Å². The summed E-state index contributed by atoms with van der Waals surface area (Å²) in [4.78, 5) is 0. The number of aliphatic hydroxyl groups is 7. The van der Waals surface area contributed by atoms with Gasteiger partial charge < -0.3 is 50.0 Å². The van der Waals surface area contributed by atoms with Crippen molar-refractivity contribution < 1.29 is 50.0 Å². The number of hydrogen-bond acceptors (Lipinski definition) is 10. The van der Waals surface area contributed by atoms with Crippen molar-refractivity contribution in [1.82, 2.24) is 0 Å². The maximum Gasteiger partial charge on any atom is 0.187 e. The van der Waals surface area contributed by atoms with Crippen molar-refractivity contribution in [3.05, 3.63) is 0 Å². The van der Waals surface area contributed by atoms with Crippen LogP contribution in [0.25, 0.3) is 0 Å². The molecule has 2 heterocycles. The van der Waals surface area contributed by atoms with E-state index in [9.17, 15) is 35.7 Å². The predicted octanol–water partition coefficient (Wildman–Crippen LogP) is -4.12. The highest BCUT2D eigenvalue weighted by atomic mass is 16.7. The standard InChI is InChI=1S/C13H24O10/c1-4-5(2-14)22-13(10(19)7(4)16)23-11-6(3-15)21-12(20)9(18)8(11)17/h4-20H,2-3H2,1H3/t4-,5?,6?,7+,8-,9?,10?,11+,12+,13-/m0/s1. The molecule has 2 aliphatic rings. The lowest BCUT2D eigenvalue weighted by Gasteiger charge is -2.45. The Kier molecular flexibility index (Phi) is 6.30. The molecule has 2 aliphatic heterocycles. The van der Waals surface area contributed by atoms with Crippen molar-refractivity contribution in [2.45, 2.75) is 62.2 Å². The Morgan fingerprint density at radius 1 is 0.783 bits per heavy atom. The summed E-state index contributed by atoms with van der Waals surface area (Å²) >= 11 is 0. The van der Waals surface area contributed by atoms with Crippen molar-refractivity contribution in [2.75, 3.05) is 13.2 Å². The molecule has 23 heavy (non-hydrogen) atoms. The zero-order valence-electron chi connectivity index (χ0n) is 12.5. The molecule has 2 rings (SSSR count).